The minimum atomic E-state index is -0.972. The van der Waals surface area contributed by atoms with Gasteiger partial charge in [0.15, 0.2) is 0 Å². The minimum absolute atomic E-state index is 0.191. The first kappa shape index (κ1) is 23.7. The van der Waals surface area contributed by atoms with Gasteiger partial charge >= 0.3 is 11.8 Å². The summed E-state index contributed by atoms with van der Waals surface area (Å²) in [5, 5.41) is 9.00. The number of nitrogens with zero attached hydrogens (tertiary/aromatic N) is 1. The molecule has 0 aliphatic carbocycles. The summed E-state index contributed by atoms with van der Waals surface area (Å²) in [5.41, 5.74) is 3.85. The van der Waals surface area contributed by atoms with E-state index in [-0.39, 0.29) is 11.3 Å². The van der Waals surface area contributed by atoms with Crippen molar-refractivity contribution < 1.29 is 19.1 Å². The second-order valence-corrected chi connectivity index (χ2v) is 7.49. The zero-order valence-electron chi connectivity index (χ0n) is 17.7. The first-order chi connectivity index (χ1) is 16.0. The van der Waals surface area contributed by atoms with Crippen molar-refractivity contribution >= 4 is 51.2 Å². The monoisotopic (exact) mass is 508 g/mol. The van der Waals surface area contributed by atoms with Crippen molar-refractivity contribution in [3.8, 4) is 5.75 Å². The van der Waals surface area contributed by atoms with E-state index in [1.54, 1.807) is 48.5 Å². The van der Waals surface area contributed by atoms with Gasteiger partial charge in [-0.25, -0.2) is 5.43 Å². The fourth-order valence-corrected chi connectivity index (χ4v) is 3.15. The normalized spacial score (nSPS) is 10.5. The Morgan fingerprint density at radius 3 is 2.33 bits per heavy atom. The van der Waals surface area contributed by atoms with E-state index >= 15 is 0 Å². The maximum Gasteiger partial charge on any atom is 0.329 e. The molecule has 9 heteroatoms. The average molecular weight is 509 g/mol. The van der Waals surface area contributed by atoms with Gasteiger partial charge in [0.05, 0.1) is 24.1 Å². The highest BCUT2D eigenvalue weighted by Gasteiger charge is 2.18. The third kappa shape index (κ3) is 6.75. The maximum atomic E-state index is 12.7. The number of benzene rings is 3. The summed E-state index contributed by atoms with van der Waals surface area (Å²) in [7, 11) is 0. The molecule has 0 atom stereocenters. The zero-order chi connectivity index (χ0) is 23.6. The Labute approximate surface area is 199 Å². The molecule has 0 fully saturated rings. The smallest absolute Gasteiger partial charge is 0.329 e. The molecule has 0 heterocycles. The molecule has 3 rings (SSSR count). The number of amides is 3. The van der Waals surface area contributed by atoms with Gasteiger partial charge in [0.25, 0.3) is 5.91 Å². The van der Waals surface area contributed by atoms with Crippen LogP contribution in [-0.2, 0) is 9.59 Å². The number of carbonyl (C=O) groups is 3. The van der Waals surface area contributed by atoms with Gasteiger partial charge < -0.3 is 15.4 Å². The minimum Gasteiger partial charge on any atom is -0.494 e. The van der Waals surface area contributed by atoms with Crippen LogP contribution in [0.3, 0.4) is 0 Å². The van der Waals surface area contributed by atoms with E-state index in [1.807, 2.05) is 25.1 Å². The van der Waals surface area contributed by atoms with Crippen LogP contribution < -0.4 is 20.8 Å². The van der Waals surface area contributed by atoms with Crippen molar-refractivity contribution in [2.75, 3.05) is 17.2 Å². The fraction of sp³-hybridized carbons (Fsp3) is 0.0833. The number of hydrazone groups is 1. The van der Waals surface area contributed by atoms with Gasteiger partial charge in [-0.1, -0.05) is 46.3 Å². The van der Waals surface area contributed by atoms with E-state index in [2.05, 4.69) is 37.1 Å². The Morgan fingerprint density at radius 1 is 0.909 bits per heavy atom. The molecule has 0 aliphatic heterocycles. The molecule has 0 radical (unpaired) electrons. The number of nitrogens with one attached hydrogen (secondary N) is 3. The number of anilines is 2. The van der Waals surface area contributed by atoms with Crippen molar-refractivity contribution in [1.29, 1.82) is 0 Å². The molecule has 0 bridgehead atoms. The summed E-state index contributed by atoms with van der Waals surface area (Å²) in [5.74, 6) is -1.68. The Kier molecular flexibility index (Phi) is 8.31. The van der Waals surface area contributed by atoms with E-state index in [4.69, 9.17) is 4.74 Å². The first-order valence-corrected chi connectivity index (χ1v) is 10.8. The molecule has 0 saturated carbocycles. The number of hydrogen-bond acceptors (Lipinski definition) is 5. The average Bonchev–Trinajstić information content (AvgIpc) is 2.82. The Balaban J connectivity index is 1.63. The third-order valence-electron chi connectivity index (χ3n) is 4.32. The van der Waals surface area contributed by atoms with Crippen LogP contribution in [0.1, 0.15) is 22.8 Å². The Hall–Kier alpha value is -3.98. The van der Waals surface area contributed by atoms with Gasteiger partial charge in [-0.2, -0.15) is 5.10 Å². The lowest BCUT2D eigenvalue weighted by Gasteiger charge is -2.11. The van der Waals surface area contributed by atoms with Crippen LogP contribution in [0.15, 0.2) is 82.4 Å². The number of rotatable bonds is 7. The summed E-state index contributed by atoms with van der Waals surface area (Å²) in [4.78, 5) is 37.2. The van der Waals surface area contributed by atoms with Crippen molar-refractivity contribution in [3.05, 3.63) is 88.4 Å². The topological polar surface area (TPSA) is 109 Å². The predicted molar refractivity (Wildman–Crippen MR) is 131 cm³/mol. The van der Waals surface area contributed by atoms with Crippen molar-refractivity contribution in [2.45, 2.75) is 6.92 Å². The van der Waals surface area contributed by atoms with E-state index < -0.39 is 17.7 Å². The molecule has 0 aliphatic rings. The highest BCUT2D eigenvalue weighted by Crippen LogP contribution is 2.20. The summed E-state index contributed by atoms with van der Waals surface area (Å²) < 4.78 is 6.18. The molecule has 8 nitrogen and oxygen atoms in total. The molecule has 33 heavy (non-hydrogen) atoms. The molecule has 0 aromatic heterocycles. The van der Waals surface area contributed by atoms with Crippen LogP contribution in [0.4, 0.5) is 11.4 Å². The molecule has 3 aromatic carbocycles. The van der Waals surface area contributed by atoms with Crippen molar-refractivity contribution in [1.82, 2.24) is 5.43 Å². The maximum absolute atomic E-state index is 12.7. The van der Waals surface area contributed by atoms with Gasteiger partial charge in [0.1, 0.15) is 5.75 Å². The van der Waals surface area contributed by atoms with E-state index in [0.29, 0.717) is 18.0 Å². The molecule has 0 saturated heterocycles. The van der Waals surface area contributed by atoms with Crippen LogP contribution in [-0.4, -0.2) is 30.5 Å². The summed E-state index contributed by atoms with van der Waals surface area (Å²) >= 11 is 3.36. The summed E-state index contributed by atoms with van der Waals surface area (Å²) in [6.07, 6.45) is 1.41. The standard InChI is InChI=1S/C24H21BrN4O4/c1-2-33-18-13-11-17(12-14-18)27-22(30)19-8-4-6-10-21(19)28-23(31)24(32)29-26-15-16-7-3-5-9-20(16)25/h3-15H,2H2,1H3,(H,27,30)(H,28,31)(H,29,32). The number of hydrogen-bond donors (Lipinski definition) is 3. The molecule has 0 unspecified atom stereocenters. The lowest BCUT2D eigenvalue weighted by molar-refractivity contribution is -0.136. The molecule has 3 N–H and O–H groups in total. The van der Waals surface area contributed by atoms with Crippen LogP contribution in [0, 0.1) is 0 Å². The molecule has 168 valence electrons. The highest BCUT2D eigenvalue weighted by molar-refractivity contribution is 9.10. The first-order valence-electron chi connectivity index (χ1n) is 10.00. The zero-order valence-corrected chi connectivity index (χ0v) is 19.3. The molecule has 0 spiro atoms. The van der Waals surface area contributed by atoms with E-state index in [0.717, 1.165) is 10.0 Å². The van der Waals surface area contributed by atoms with Gasteiger partial charge in [-0.05, 0) is 49.4 Å². The van der Waals surface area contributed by atoms with Crippen molar-refractivity contribution in [3.63, 3.8) is 0 Å². The van der Waals surface area contributed by atoms with E-state index in [9.17, 15) is 14.4 Å². The Bertz CT molecular complexity index is 1180. The van der Waals surface area contributed by atoms with Gasteiger partial charge in [0, 0.05) is 15.7 Å². The molecule has 3 amide bonds. The highest BCUT2D eigenvalue weighted by atomic mass is 79.9. The SMILES string of the molecule is CCOc1ccc(NC(=O)c2ccccc2NC(=O)C(=O)NN=Cc2ccccc2Br)cc1. The molecular weight excluding hydrogens is 488 g/mol. The number of halogens is 1. The van der Waals surface area contributed by atoms with Crippen LogP contribution in [0.2, 0.25) is 0 Å². The van der Waals surface area contributed by atoms with Crippen LogP contribution >= 0.6 is 15.9 Å². The van der Waals surface area contributed by atoms with Gasteiger partial charge in [0.2, 0.25) is 0 Å². The third-order valence-corrected chi connectivity index (χ3v) is 5.05. The van der Waals surface area contributed by atoms with Gasteiger partial charge in [-0.3, -0.25) is 14.4 Å². The second-order valence-electron chi connectivity index (χ2n) is 6.63. The lowest BCUT2D eigenvalue weighted by atomic mass is 10.1. The molecular formula is C24H21BrN4O4. The fourth-order valence-electron chi connectivity index (χ4n) is 2.76. The summed E-state index contributed by atoms with van der Waals surface area (Å²) in [6, 6.07) is 20.6. The van der Waals surface area contributed by atoms with E-state index in [1.165, 1.54) is 12.3 Å². The quantitative estimate of drug-likeness (QED) is 0.252. The Morgan fingerprint density at radius 2 is 1.61 bits per heavy atom. The predicted octanol–water partition coefficient (Wildman–Crippen LogP) is 4.19. The van der Waals surface area contributed by atoms with Crippen LogP contribution in [0.5, 0.6) is 5.75 Å². The number of para-hydroxylation sites is 1. The molecule has 3 aromatic rings. The van der Waals surface area contributed by atoms with Crippen LogP contribution in [0.25, 0.3) is 0 Å². The van der Waals surface area contributed by atoms with Gasteiger partial charge in [-0.15, -0.1) is 0 Å². The van der Waals surface area contributed by atoms with Crippen molar-refractivity contribution in [2.24, 2.45) is 5.10 Å². The second kappa shape index (κ2) is 11.6. The lowest BCUT2D eigenvalue weighted by Crippen LogP contribution is -2.33. The summed E-state index contributed by atoms with van der Waals surface area (Å²) in [6.45, 7) is 2.43. The number of carbonyl (C=O) groups excluding carboxylic acids is 3. The largest absolute Gasteiger partial charge is 0.494 e. The number of ether oxygens (including phenoxy) is 1.